The number of rotatable bonds is 5. The van der Waals surface area contributed by atoms with Gasteiger partial charge in [-0.25, -0.2) is 0 Å². The minimum absolute atomic E-state index is 0.0547. The van der Waals surface area contributed by atoms with Crippen molar-refractivity contribution in [1.29, 1.82) is 0 Å². The second-order valence-electron chi connectivity index (χ2n) is 8.08. The van der Waals surface area contributed by atoms with Crippen LogP contribution in [0, 0.1) is 6.92 Å². The fourth-order valence-electron chi connectivity index (χ4n) is 4.17. The first-order valence-corrected chi connectivity index (χ1v) is 10.5. The summed E-state index contributed by atoms with van der Waals surface area (Å²) < 4.78 is 11.1. The van der Waals surface area contributed by atoms with Crippen molar-refractivity contribution in [3.05, 3.63) is 53.6 Å². The summed E-state index contributed by atoms with van der Waals surface area (Å²) in [4.78, 5) is 15.7. The molecule has 1 atom stereocenters. The summed E-state index contributed by atoms with van der Waals surface area (Å²) in [5.41, 5.74) is 3.55. The summed E-state index contributed by atoms with van der Waals surface area (Å²) in [6, 6.07) is 14.1. The van der Waals surface area contributed by atoms with Crippen LogP contribution in [0.25, 0.3) is 0 Å². The van der Waals surface area contributed by atoms with Crippen LogP contribution in [-0.2, 0) is 11.3 Å². The Morgan fingerprint density at radius 3 is 2.52 bits per heavy atom. The van der Waals surface area contributed by atoms with E-state index in [2.05, 4.69) is 36.5 Å². The van der Waals surface area contributed by atoms with Gasteiger partial charge in [0.15, 0.2) is 17.5 Å². The minimum atomic E-state index is -0.0804. The fourth-order valence-corrected chi connectivity index (χ4v) is 4.17. The molecule has 0 bridgehead atoms. The zero-order chi connectivity index (χ0) is 20.2. The van der Waals surface area contributed by atoms with Crippen molar-refractivity contribution in [1.82, 2.24) is 0 Å². The predicted octanol–water partition coefficient (Wildman–Crippen LogP) is 0.0768. The van der Waals surface area contributed by atoms with Crippen molar-refractivity contribution in [3.63, 3.8) is 0 Å². The third-order valence-electron chi connectivity index (χ3n) is 6.12. The Morgan fingerprint density at radius 1 is 1.03 bits per heavy atom. The highest BCUT2D eigenvalue weighted by Crippen LogP contribution is 2.32. The van der Waals surface area contributed by atoms with Gasteiger partial charge in [0.25, 0.3) is 5.91 Å². The molecule has 6 heteroatoms. The lowest BCUT2D eigenvalue weighted by molar-refractivity contribution is -1.02. The lowest BCUT2D eigenvalue weighted by Gasteiger charge is -2.32. The number of carbonyl (C=O) groups excluding carboxylic acids is 1. The lowest BCUT2D eigenvalue weighted by atomic mass is 10.1. The molecule has 3 N–H and O–H groups in total. The van der Waals surface area contributed by atoms with E-state index in [-0.39, 0.29) is 11.9 Å². The van der Waals surface area contributed by atoms with Crippen LogP contribution in [0.4, 0.5) is 5.69 Å². The van der Waals surface area contributed by atoms with Crippen molar-refractivity contribution >= 4 is 11.6 Å². The predicted molar refractivity (Wildman–Crippen MR) is 112 cm³/mol. The Balaban J connectivity index is 1.29. The van der Waals surface area contributed by atoms with E-state index < -0.39 is 0 Å². The SMILES string of the molecule is Cc1ccccc1C[NH+]1CC[NH+]([C@@H](C)C(=O)Nc2ccc3c(c2)OCCO3)CC1. The number of nitrogens with one attached hydrogen (secondary N) is 3. The van der Waals surface area contributed by atoms with Gasteiger partial charge in [0.1, 0.15) is 45.9 Å². The van der Waals surface area contributed by atoms with Crippen molar-refractivity contribution < 1.29 is 24.1 Å². The average molecular weight is 398 g/mol. The molecule has 1 fully saturated rings. The Morgan fingerprint density at radius 2 is 1.76 bits per heavy atom. The first-order valence-electron chi connectivity index (χ1n) is 10.5. The van der Waals surface area contributed by atoms with Gasteiger partial charge in [-0.3, -0.25) is 4.79 Å². The molecule has 0 spiro atoms. The number of aryl methyl sites for hydroxylation is 1. The molecule has 2 aromatic rings. The first kappa shape index (κ1) is 19.7. The monoisotopic (exact) mass is 397 g/mol. The van der Waals surface area contributed by atoms with Gasteiger partial charge in [-0.1, -0.05) is 24.3 Å². The van der Waals surface area contributed by atoms with Crippen LogP contribution >= 0.6 is 0 Å². The van der Waals surface area contributed by atoms with Crippen molar-refractivity contribution in [2.45, 2.75) is 26.4 Å². The Labute approximate surface area is 172 Å². The molecule has 1 saturated heterocycles. The largest absolute Gasteiger partial charge is 0.486 e. The van der Waals surface area contributed by atoms with E-state index in [1.165, 1.54) is 16.0 Å². The second kappa shape index (κ2) is 8.84. The molecule has 29 heavy (non-hydrogen) atoms. The van der Waals surface area contributed by atoms with Crippen LogP contribution in [0.15, 0.2) is 42.5 Å². The van der Waals surface area contributed by atoms with Gasteiger partial charge in [-0.05, 0) is 31.5 Å². The van der Waals surface area contributed by atoms with E-state index in [1.807, 2.05) is 25.1 Å². The summed E-state index contributed by atoms with van der Waals surface area (Å²) in [6.45, 7) is 10.6. The maximum absolute atomic E-state index is 12.8. The van der Waals surface area contributed by atoms with E-state index in [9.17, 15) is 4.79 Å². The average Bonchev–Trinajstić information content (AvgIpc) is 2.75. The summed E-state index contributed by atoms with van der Waals surface area (Å²) in [5, 5.41) is 3.05. The zero-order valence-corrected chi connectivity index (χ0v) is 17.3. The molecule has 2 aliphatic rings. The van der Waals surface area contributed by atoms with E-state index in [4.69, 9.17) is 9.47 Å². The standard InChI is InChI=1S/C23H29N3O3/c1-17-5-3-4-6-19(17)16-25-9-11-26(12-10-25)18(2)23(27)24-20-7-8-21-22(15-20)29-14-13-28-21/h3-8,15,18H,9-14,16H2,1-2H3,(H,24,27)/p+2/t18-/m0/s1. The molecular weight excluding hydrogens is 366 g/mol. The van der Waals surface area contributed by atoms with Crippen LogP contribution in [0.5, 0.6) is 11.5 Å². The van der Waals surface area contributed by atoms with Crippen LogP contribution in [0.2, 0.25) is 0 Å². The number of carbonyl (C=O) groups is 1. The molecule has 154 valence electrons. The quantitative estimate of drug-likeness (QED) is 0.670. The number of benzene rings is 2. The van der Waals surface area contributed by atoms with Crippen LogP contribution in [0.3, 0.4) is 0 Å². The maximum Gasteiger partial charge on any atom is 0.282 e. The number of fused-ring (bicyclic) bond motifs is 1. The summed E-state index contributed by atoms with van der Waals surface area (Å²) in [5.74, 6) is 1.49. The zero-order valence-electron chi connectivity index (χ0n) is 17.3. The van der Waals surface area contributed by atoms with E-state index >= 15 is 0 Å². The Kier molecular flexibility index (Phi) is 6.02. The minimum Gasteiger partial charge on any atom is -0.486 e. The number of ether oxygens (including phenoxy) is 2. The van der Waals surface area contributed by atoms with Gasteiger partial charge in [0.05, 0.1) is 0 Å². The molecule has 0 aliphatic carbocycles. The highest BCUT2D eigenvalue weighted by molar-refractivity contribution is 5.93. The topological polar surface area (TPSA) is 56.4 Å². The van der Waals surface area contributed by atoms with Crippen molar-refractivity contribution in [2.24, 2.45) is 0 Å². The van der Waals surface area contributed by atoms with E-state index in [1.54, 1.807) is 4.90 Å². The number of piperazine rings is 1. The van der Waals surface area contributed by atoms with Crippen molar-refractivity contribution in [3.8, 4) is 11.5 Å². The van der Waals surface area contributed by atoms with Gasteiger partial charge < -0.3 is 24.6 Å². The molecular formula is C23H31N3O3+2. The maximum atomic E-state index is 12.8. The molecule has 4 rings (SSSR count). The smallest absolute Gasteiger partial charge is 0.282 e. The van der Waals surface area contributed by atoms with Gasteiger partial charge in [0.2, 0.25) is 0 Å². The summed E-state index contributed by atoms with van der Waals surface area (Å²) in [6.07, 6.45) is 0. The molecule has 2 aliphatic heterocycles. The number of amides is 1. The fraction of sp³-hybridized carbons (Fsp3) is 0.435. The second-order valence-corrected chi connectivity index (χ2v) is 8.08. The van der Waals surface area contributed by atoms with E-state index in [0.29, 0.717) is 19.0 Å². The molecule has 6 nitrogen and oxygen atoms in total. The first-order chi connectivity index (χ1) is 14.1. The Hall–Kier alpha value is -2.57. The third kappa shape index (κ3) is 4.71. The van der Waals surface area contributed by atoms with Crippen LogP contribution in [0.1, 0.15) is 18.1 Å². The highest BCUT2D eigenvalue weighted by atomic mass is 16.6. The van der Waals surface area contributed by atoms with Crippen LogP contribution in [-0.4, -0.2) is 51.3 Å². The normalized spacial score (nSPS) is 22.0. The molecule has 0 radical (unpaired) electrons. The molecule has 0 unspecified atom stereocenters. The van der Waals surface area contributed by atoms with Gasteiger partial charge >= 0.3 is 0 Å². The molecule has 0 aromatic heterocycles. The summed E-state index contributed by atoms with van der Waals surface area (Å²) >= 11 is 0. The van der Waals surface area contributed by atoms with Crippen LogP contribution < -0.4 is 24.6 Å². The number of anilines is 1. The van der Waals surface area contributed by atoms with Crippen molar-refractivity contribution in [2.75, 3.05) is 44.7 Å². The highest BCUT2D eigenvalue weighted by Gasteiger charge is 2.31. The van der Waals surface area contributed by atoms with Gasteiger partial charge in [-0.15, -0.1) is 0 Å². The molecule has 2 aromatic carbocycles. The Bertz CT molecular complexity index is 862. The molecule has 1 amide bonds. The van der Waals surface area contributed by atoms with E-state index in [0.717, 1.165) is 44.2 Å². The number of quaternary nitrogens is 2. The number of hydrogen-bond donors (Lipinski definition) is 3. The van der Waals surface area contributed by atoms with Gasteiger partial charge in [0, 0.05) is 17.3 Å². The third-order valence-corrected chi connectivity index (χ3v) is 6.12. The van der Waals surface area contributed by atoms with Gasteiger partial charge in [-0.2, -0.15) is 0 Å². The molecule has 0 saturated carbocycles. The lowest BCUT2D eigenvalue weighted by Crippen LogP contribution is -3.29. The summed E-state index contributed by atoms with van der Waals surface area (Å²) in [7, 11) is 0. The molecule has 2 heterocycles. The number of hydrogen-bond acceptors (Lipinski definition) is 3.